The molecule has 0 aliphatic carbocycles. The highest BCUT2D eigenvalue weighted by Gasteiger charge is 2.25. The van der Waals surface area contributed by atoms with Crippen LogP contribution in [0.15, 0.2) is 0 Å². The number of carboxylic acid groups (broad SMARTS) is 1. The van der Waals surface area contributed by atoms with Gasteiger partial charge in [0.2, 0.25) is 0 Å². The third-order valence-electron chi connectivity index (χ3n) is 2.63. The standard InChI is InChI=1S/C9H16ClNO2/c1-2-7-3-4-11(5-7)6-8(10)9(12)13/h7-8H,2-6H2,1H3,(H,12,13). The number of aliphatic carboxylic acids is 1. The van der Waals surface area contributed by atoms with E-state index in [0.717, 1.165) is 19.0 Å². The molecule has 0 spiro atoms. The van der Waals surface area contributed by atoms with E-state index in [1.54, 1.807) is 0 Å². The molecule has 1 N–H and O–H groups in total. The molecule has 76 valence electrons. The van der Waals surface area contributed by atoms with Crippen molar-refractivity contribution in [3.8, 4) is 0 Å². The van der Waals surface area contributed by atoms with Crippen molar-refractivity contribution in [1.82, 2.24) is 4.90 Å². The molecule has 2 unspecified atom stereocenters. The lowest BCUT2D eigenvalue weighted by Crippen LogP contribution is -2.32. The van der Waals surface area contributed by atoms with Crippen LogP contribution in [0.2, 0.25) is 0 Å². The maximum atomic E-state index is 10.5. The Balaban J connectivity index is 2.27. The van der Waals surface area contributed by atoms with Gasteiger partial charge in [0.25, 0.3) is 0 Å². The quantitative estimate of drug-likeness (QED) is 0.706. The van der Waals surface area contributed by atoms with Crippen molar-refractivity contribution < 1.29 is 9.90 Å². The summed E-state index contributed by atoms with van der Waals surface area (Å²) in [5.74, 6) is -0.181. The zero-order valence-electron chi connectivity index (χ0n) is 7.87. The van der Waals surface area contributed by atoms with Crippen molar-refractivity contribution >= 4 is 17.6 Å². The minimum Gasteiger partial charge on any atom is -0.480 e. The van der Waals surface area contributed by atoms with Crippen molar-refractivity contribution in [2.75, 3.05) is 19.6 Å². The predicted molar refractivity (Wildman–Crippen MR) is 52.1 cm³/mol. The van der Waals surface area contributed by atoms with Crippen LogP contribution < -0.4 is 0 Å². The fourth-order valence-corrected chi connectivity index (χ4v) is 1.91. The van der Waals surface area contributed by atoms with Crippen LogP contribution in [-0.4, -0.2) is 41.0 Å². The number of carbonyl (C=O) groups is 1. The van der Waals surface area contributed by atoms with Crippen molar-refractivity contribution in [2.45, 2.75) is 25.1 Å². The summed E-state index contributed by atoms with van der Waals surface area (Å²) < 4.78 is 0. The third kappa shape index (κ3) is 3.16. The van der Waals surface area contributed by atoms with Crippen molar-refractivity contribution in [3.05, 3.63) is 0 Å². The SMILES string of the molecule is CCC1CCN(CC(Cl)C(=O)O)C1. The molecular weight excluding hydrogens is 190 g/mol. The van der Waals surface area contributed by atoms with E-state index in [9.17, 15) is 4.79 Å². The van der Waals surface area contributed by atoms with Crippen molar-refractivity contribution in [2.24, 2.45) is 5.92 Å². The fraction of sp³-hybridized carbons (Fsp3) is 0.889. The monoisotopic (exact) mass is 205 g/mol. The molecule has 2 atom stereocenters. The lowest BCUT2D eigenvalue weighted by Gasteiger charge is -2.16. The average molecular weight is 206 g/mol. The van der Waals surface area contributed by atoms with Gasteiger partial charge >= 0.3 is 5.97 Å². The van der Waals surface area contributed by atoms with E-state index in [-0.39, 0.29) is 0 Å². The normalized spacial score (nSPS) is 26.2. The molecule has 1 saturated heterocycles. The van der Waals surface area contributed by atoms with Crippen LogP contribution in [0, 0.1) is 5.92 Å². The Bertz CT molecular complexity index is 186. The number of hydrogen-bond donors (Lipinski definition) is 1. The molecule has 0 bridgehead atoms. The second kappa shape index (κ2) is 4.82. The number of hydrogen-bond acceptors (Lipinski definition) is 2. The second-order valence-electron chi connectivity index (χ2n) is 3.63. The Morgan fingerprint density at radius 3 is 2.92 bits per heavy atom. The summed E-state index contributed by atoms with van der Waals surface area (Å²) >= 11 is 5.65. The number of halogens is 1. The molecule has 0 amide bonds. The van der Waals surface area contributed by atoms with Gasteiger partial charge in [-0.1, -0.05) is 13.3 Å². The van der Waals surface area contributed by atoms with Crippen LogP contribution in [0.5, 0.6) is 0 Å². The highest BCUT2D eigenvalue weighted by molar-refractivity contribution is 6.29. The predicted octanol–water partition coefficient (Wildman–Crippen LogP) is 1.41. The topological polar surface area (TPSA) is 40.5 Å². The summed E-state index contributed by atoms with van der Waals surface area (Å²) in [5, 5.41) is 7.85. The summed E-state index contributed by atoms with van der Waals surface area (Å²) in [5.41, 5.74) is 0. The Hall–Kier alpha value is -0.280. The molecule has 3 nitrogen and oxygen atoms in total. The minimum atomic E-state index is -0.915. The van der Waals surface area contributed by atoms with E-state index < -0.39 is 11.3 Å². The molecule has 0 aromatic heterocycles. The average Bonchev–Trinajstić information content (AvgIpc) is 2.52. The maximum absolute atomic E-state index is 10.5. The van der Waals surface area contributed by atoms with Crippen molar-refractivity contribution in [1.29, 1.82) is 0 Å². The zero-order chi connectivity index (χ0) is 9.84. The lowest BCUT2D eigenvalue weighted by molar-refractivity contribution is -0.136. The Morgan fingerprint density at radius 1 is 1.77 bits per heavy atom. The van der Waals surface area contributed by atoms with Crippen molar-refractivity contribution in [3.63, 3.8) is 0 Å². The molecule has 4 heteroatoms. The molecule has 1 aliphatic rings. The third-order valence-corrected chi connectivity index (χ3v) is 2.96. The molecule has 13 heavy (non-hydrogen) atoms. The fourth-order valence-electron chi connectivity index (χ4n) is 1.72. The largest absolute Gasteiger partial charge is 0.480 e. The summed E-state index contributed by atoms with van der Waals surface area (Å²) in [6, 6.07) is 0. The van der Waals surface area contributed by atoms with Crippen LogP contribution in [-0.2, 0) is 4.79 Å². The lowest BCUT2D eigenvalue weighted by atomic mass is 10.1. The number of rotatable bonds is 4. The number of carboxylic acids is 1. The van der Waals surface area contributed by atoms with E-state index >= 15 is 0 Å². The molecule has 1 fully saturated rings. The van der Waals surface area contributed by atoms with Gasteiger partial charge in [0.1, 0.15) is 5.38 Å². The van der Waals surface area contributed by atoms with E-state index in [1.807, 2.05) is 0 Å². The molecule has 1 heterocycles. The van der Waals surface area contributed by atoms with Gasteiger partial charge in [0.15, 0.2) is 0 Å². The van der Waals surface area contributed by atoms with Crippen LogP contribution in [0.4, 0.5) is 0 Å². The maximum Gasteiger partial charge on any atom is 0.322 e. The van der Waals surface area contributed by atoms with Gasteiger partial charge in [-0.05, 0) is 18.9 Å². The smallest absolute Gasteiger partial charge is 0.322 e. The first-order valence-electron chi connectivity index (χ1n) is 4.72. The van der Waals surface area contributed by atoms with Crippen LogP contribution in [0.1, 0.15) is 19.8 Å². The number of nitrogens with zero attached hydrogens (tertiary/aromatic N) is 1. The molecule has 0 radical (unpaired) electrons. The first-order valence-corrected chi connectivity index (χ1v) is 5.16. The zero-order valence-corrected chi connectivity index (χ0v) is 8.63. The van der Waals surface area contributed by atoms with Crippen LogP contribution in [0.3, 0.4) is 0 Å². The van der Waals surface area contributed by atoms with E-state index in [4.69, 9.17) is 16.7 Å². The molecule has 0 aromatic rings. The first kappa shape index (κ1) is 10.8. The minimum absolute atomic E-state index is 0.480. The molecule has 1 aliphatic heterocycles. The van der Waals surface area contributed by atoms with E-state index in [0.29, 0.717) is 6.54 Å². The van der Waals surface area contributed by atoms with E-state index in [1.165, 1.54) is 12.8 Å². The summed E-state index contributed by atoms with van der Waals surface area (Å²) in [6.45, 7) is 4.65. The summed E-state index contributed by atoms with van der Waals surface area (Å²) in [6.07, 6.45) is 2.36. The van der Waals surface area contributed by atoms with E-state index in [2.05, 4.69) is 11.8 Å². The summed E-state index contributed by atoms with van der Waals surface area (Å²) in [7, 11) is 0. The number of alkyl halides is 1. The second-order valence-corrected chi connectivity index (χ2v) is 4.16. The molecular formula is C9H16ClNO2. The van der Waals surface area contributed by atoms with Gasteiger partial charge in [0.05, 0.1) is 0 Å². The van der Waals surface area contributed by atoms with Crippen LogP contribution >= 0.6 is 11.6 Å². The van der Waals surface area contributed by atoms with Gasteiger partial charge in [-0.2, -0.15) is 0 Å². The molecule has 1 rings (SSSR count). The first-order chi connectivity index (χ1) is 6.13. The van der Waals surface area contributed by atoms with Gasteiger partial charge in [-0.25, -0.2) is 0 Å². The number of likely N-dealkylation sites (tertiary alicyclic amines) is 1. The van der Waals surface area contributed by atoms with Gasteiger partial charge in [0, 0.05) is 13.1 Å². The Morgan fingerprint density at radius 2 is 2.46 bits per heavy atom. The molecule has 0 saturated carbocycles. The van der Waals surface area contributed by atoms with Gasteiger partial charge in [-0.15, -0.1) is 11.6 Å². The van der Waals surface area contributed by atoms with Crippen LogP contribution in [0.25, 0.3) is 0 Å². The molecule has 0 aromatic carbocycles. The Kier molecular flexibility index (Phi) is 4.00. The Labute approximate surface area is 83.7 Å². The van der Waals surface area contributed by atoms with Gasteiger partial charge < -0.3 is 10.0 Å². The highest BCUT2D eigenvalue weighted by Crippen LogP contribution is 2.19. The summed E-state index contributed by atoms with van der Waals surface area (Å²) in [4.78, 5) is 12.6. The van der Waals surface area contributed by atoms with Gasteiger partial charge in [-0.3, -0.25) is 4.79 Å². The highest BCUT2D eigenvalue weighted by atomic mass is 35.5.